The first-order valence-electron chi connectivity index (χ1n) is 10.2. The van der Waals surface area contributed by atoms with Crippen molar-refractivity contribution in [1.29, 1.82) is 0 Å². The summed E-state index contributed by atoms with van der Waals surface area (Å²) in [5.41, 5.74) is 4.15. The second kappa shape index (κ2) is 11.7. The minimum Gasteiger partial charge on any atom is -0.494 e. The lowest BCUT2D eigenvalue weighted by Crippen LogP contribution is -2.23. The molecule has 2 aromatic carbocycles. The minimum absolute atomic E-state index is 0.401. The molecule has 0 amide bonds. The summed E-state index contributed by atoms with van der Waals surface area (Å²) in [7, 11) is 0. The highest BCUT2D eigenvalue weighted by molar-refractivity contribution is 5.29. The van der Waals surface area contributed by atoms with Gasteiger partial charge in [0, 0.05) is 6.04 Å². The standard InChI is InChI=1S/C24H35NO/c1-4-6-7-10-19-26-23-15-13-22(14-16-23)24(5-2)25-18-17-21-12-9-8-11-20(21)3/h8-9,11-16,24-25H,4-7,10,17-19H2,1-3H3. The van der Waals surface area contributed by atoms with E-state index in [2.05, 4.69) is 74.6 Å². The predicted molar refractivity (Wildman–Crippen MR) is 112 cm³/mol. The van der Waals surface area contributed by atoms with E-state index < -0.39 is 0 Å². The quantitative estimate of drug-likeness (QED) is 0.456. The first kappa shape index (κ1) is 20.5. The molecule has 0 aliphatic carbocycles. The average molecular weight is 354 g/mol. The number of aryl methyl sites for hydroxylation is 1. The third-order valence-electron chi connectivity index (χ3n) is 5.00. The van der Waals surface area contributed by atoms with Crippen LogP contribution in [-0.2, 0) is 6.42 Å². The Bertz CT molecular complexity index is 620. The summed E-state index contributed by atoms with van der Waals surface area (Å²) in [6.07, 6.45) is 7.14. The Hall–Kier alpha value is -1.80. The molecule has 0 heterocycles. The highest BCUT2D eigenvalue weighted by Crippen LogP contribution is 2.21. The summed E-state index contributed by atoms with van der Waals surface area (Å²) in [5, 5.41) is 3.71. The fraction of sp³-hybridized carbons (Fsp3) is 0.500. The van der Waals surface area contributed by atoms with Gasteiger partial charge in [0.2, 0.25) is 0 Å². The van der Waals surface area contributed by atoms with Gasteiger partial charge in [-0.3, -0.25) is 0 Å². The number of ether oxygens (including phenoxy) is 1. The summed E-state index contributed by atoms with van der Waals surface area (Å²) in [5.74, 6) is 0.986. The van der Waals surface area contributed by atoms with Crippen LogP contribution >= 0.6 is 0 Å². The van der Waals surface area contributed by atoms with Crippen LogP contribution < -0.4 is 10.1 Å². The minimum atomic E-state index is 0.401. The fourth-order valence-electron chi connectivity index (χ4n) is 3.28. The fourth-order valence-corrected chi connectivity index (χ4v) is 3.28. The number of hydrogen-bond acceptors (Lipinski definition) is 2. The van der Waals surface area contributed by atoms with Gasteiger partial charge in [0.25, 0.3) is 0 Å². The van der Waals surface area contributed by atoms with E-state index in [1.54, 1.807) is 0 Å². The number of unbranched alkanes of at least 4 members (excludes halogenated alkanes) is 3. The number of nitrogens with one attached hydrogen (secondary N) is 1. The Morgan fingerprint density at radius 1 is 0.923 bits per heavy atom. The van der Waals surface area contributed by atoms with E-state index in [0.29, 0.717) is 6.04 Å². The van der Waals surface area contributed by atoms with Gasteiger partial charge in [0.05, 0.1) is 6.61 Å². The lowest BCUT2D eigenvalue weighted by atomic mass is 10.0. The maximum Gasteiger partial charge on any atom is 0.119 e. The van der Waals surface area contributed by atoms with E-state index in [1.165, 1.54) is 36.0 Å². The number of rotatable bonds is 12. The Morgan fingerprint density at radius 2 is 1.69 bits per heavy atom. The van der Waals surface area contributed by atoms with Crippen LogP contribution in [0.1, 0.15) is 68.7 Å². The van der Waals surface area contributed by atoms with Crippen molar-refractivity contribution in [2.75, 3.05) is 13.2 Å². The summed E-state index contributed by atoms with van der Waals surface area (Å²) in [6.45, 7) is 8.49. The summed E-state index contributed by atoms with van der Waals surface area (Å²) in [6, 6.07) is 17.7. The molecule has 142 valence electrons. The van der Waals surface area contributed by atoms with Crippen molar-refractivity contribution >= 4 is 0 Å². The van der Waals surface area contributed by atoms with Crippen LogP contribution in [0, 0.1) is 6.92 Å². The van der Waals surface area contributed by atoms with E-state index >= 15 is 0 Å². The van der Waals surface area contributed by atoms with Gasteiger partial charge >= 0.3 is 0 Å². The van der Waals surface area contributed by atoms with Crippen molar-refractivity contribution in [2.24, 2.45) is 0 Å². The van der Waals surface area contributed by atoms with E-state index in [0.717, 1.165) is 38.2 Å². The molecular weight excluding hydrogens is 318 g/mol. The molecule has 1 unspecified atom stereocenters. The SMILES string of the molecule is CCCCCCOc1ccc(C(CC)NCCc2ccccc2C)cc1. The molecule has 1 N–H and O–H groups in total. The zero-order chi connectivity index (χ0) is 18.6. The first-order valence-corrected chi connectivity index (χ1v) is 10.2. The molecule has 0 aromatic heterocycles. The van der Waals surface area contributed by atoms with Crippen LogP contribution in [0.4, 0.5) is 0 Å². The van der Waals surface area contributed by atoms with Gasteiger partial charge in [-0.05, 0) is 61.6 Å². The van der Waals surface area contributed by atoms with Crippen molar-refractivity contribution in [3.63, 3.8) is 0 Å². The Morgan fingerprint density at radius 3 is 2.38 bits per heavy atom. The molecule has 0 radical (unpaired) electrons. The van der Waals surface area contributed by atoms with Crippen LogP contribution in [0.5, 0.6) is 5.75 Å². The molecule has 2 heteroatoms. The van der Waals surface area contributed by atoms with Crippen molar-refractivity contribution in [3.05, 3.63) is 65.2 Å². The van der Waals surface area contributed by atoms with Gasteiger partial charge < -0.3 is 10.1 Å². The van der Waals surface area contributed by atoms with Gasteiger partial charge in [0.15, 0.2) is 0 Å². The third-order valence-corrected chi connectivity index (χ3v) is 5.00. The summed E-state index contributed by atoms with van der Waals surface area (Å²) >= 11 is 0. The number of benzene rings is 2. The molecule has 0 aliphatic heterocycles. The summed E-state index contributed by atoms with van der Waals surface area (Å²) in [4.78, 5) is 0. The molecule has 0 saturated carbocycles. The molecule has 2 nitrogen and oxygen atoms in total. The van der Waals surface area contributed by atoms with Crippen LogP contribution in [0.3, 0.4) is 0 Å². The Kier molecular flexibility index (Phi) is 9.27. The average Bonchev–Trinajstić information content (AvgIpc) is 2.67. The smallest absolute Gasteiger partial charge is 0.119 e. The molecule has 0 saturated heterocycles. The molecule has 2 rings (SSSR count). The van der Waals surface area contributed by atoms with Gasteiger partial charge in [-0.15, -0.1) is 0 Å². The second-order valence-corrected chi connectivity index (χ2v) is 7.07. The first-order chi connectivity index (χ1) is 12.7. The molecule has 26 heavy (non-hydrogen) atoms. The van der Waals surface area contributed by atoms with Gasteiger partial charge in [-0.1, -0.05) is 69.5 Å². The maximum absolute atomic E-state index is 5.85. The topological polar surface area (TPSA) is 21.3 Å². The van der Waals surface area contributed by atoms with Gasteiger partial charge in [0.1, 0.15) is 5.75 Å². The normalized spacial score (nSPS) is 12.1. The van der Waals surface area contributed by atoms with Gasteiger partial charge in [-0.2, -0.15) is 0 Å². The Labute approximate surface area is 160 Å². The zero-order valence-electron chi connectivity index (χ0n) is 16.8. The van der Waals surface area contributed by atoms with Crippen molar-refractivity contribution in [3.8, 4) is 5.75 Å². The highest BCUT2D eigenvalue weighted by atomic mass is 16.5. The highest BCUT2D eigenvalue weighted by Gasteiger charge is 2.09. The van der Waals surface area contributed by atoms with Crippen LogP contribution in [0.25, 0.3) is 0 Å². The molecule has 1 atom stereocenters. The third kappa shape index (κ3) is 6.84. The Balaban J connectivity index is 1.78. The molecule has 2 aromatic rings. The molecule has 0 aliphatic rings. The van der Waals surface area contributed by atoms with Crippen LogP contribution in [0.15, 0.2) is 48.5 Å². The lowest BCUT2D eigenvalue weighted by Gasteiger charge is -2.18. The van der Waals surface area contributed by atoms with E-state index in [9.17, 15) is 0 Å². The maximum atomic E-state index is 5.85. The molecular formula is C24H35NO. The lowest BCUT2D eigenvalue weighted by molar-refractivity contribution is 0.305. The van der Waals surface area contributed by atoms with E-state index in [-0.39, 0.29) is 0 Å². The van der Waals surface area contributed by atoms with Crippen LogP contribution in [-0.4, -0.2) is 13.2 Å². The predicted octanol–water partition coefficient (Wildman–Crippen LogP) is 6.24. The van der Waals surface area contributed by atoms with Crippen molar-refractivity contribution < 1.29 is 4.74 Å². The zero-order valence-corrected chi connectivity index (χ0v) is 16.8. The summed E-state index contributed by atoms with van der Waals surface area (Å²) < 4.78 is 5.85. The van der Waals surface area contributed by atoms with Crippen molar-refractivity contribution in [2.45, 2.75) is 65.3 Å². The number of hydrogen-bond donors (Lipinski definition) is 1. The van der Waals surface area contributed by atoms with Crippen molar-refractivity contribution in [1.82, 2.24) is 5.32 Å². The molecule has 0 spiro atoms. The largest absolute Gasteiger partial charge is 0.494 e. The molecule has 0 bridgehead atoms. The molecule has 0 fully saturated rings. The van der Waals surface area contributed by atoms with E-state index in [4.69, 9.17) is 4.74 Å². The second-order valence-electron chi connectivity index (χ2n) is 7.07. The van der Waals surface area contributed by atoms with Crippen LogP contribution in [0.2, 0.25) is 0 Å². The monoisotopic (exact) mass is 353 g/mol. The van der Waals surface area contributed by atoms with E-state index in [1.807, 2.05) is 0 Å². The van der Waals surface area contributed by atoms with Gasteiger partial charge in [-0.25, -0.2) is 0 Å².